The zero-order valence-electron chi connectivity index (χ0n) is 12.5. The molecule has 1 aromatic carbocycles. The molecular weight excluding hydrogens is 308 g/mol. The van der Waals surface area contributed by atoms with Gasteiger partial charge >= 0.3 is 5.97 Å². The molecule has 0 spiro atoms. The lowest BCUT2D eigenvalue weighted by Gasteiger charge is -2.18. The molecule has 7 heteroatoms. The van der Waals surface area contributed by atoms with E-state index in [0.29, 0.717) is 10.6 Å². The summed E-state index contributed by atoms with van der Waals surface area (Å²) in [5, 5.41) is 3.01. The van der Waals surface area contributed by atoms with Gasteiger partial charge in [0.05, 0.1) is 12.5 Å². The number of halogens is 1. The zero-order valence-corrected chi connectivity index (χ0v) is 13.2. The number of carbonyl (C=O) groups excluding carboxylic acids is 3. The number of ether oxygens (including phenoxy) is 1. The molecule has 2 atom stereocenters. The molecule has 0 radical (unpaired) electrons. The highest BCUT2D eigenvalue weighted by Gasteiger charge is 2.25. The van der Waals surface area contributed by atoms with Crippen LogP contribution in [0.4, 0.5) is 0 Å². The summed E-state index contributed by atoms with van der Waals surface area (Å²) < 4.78 is 4.87. The van der Waals surface area contributed by atoms with Crippen molar-refractivity contribution in [3.63, 3.8) is 0 Å². The highest BCUT2D eigenvalue weighted by atomic mass is 35.5. The van der Waals surface area contributed by atoms with Gasteiger partial charge in [0.25, 0.3) is 5.91 Å². The van der Waals surface area contributed by atoms with Gasteiger partial charge in [-0.05, 0) is 37.6 Å². The fourth-order valence-electron chi connectivity index (χ4n) is 1.82. The number of rotatable bonds is 7. The maximum atomic E-state index is 12.1. The molecule has 0 unspecified atom stereocenters. The molecule has 0 saturated carbocycles. The Balaban J connectivity index is 2.71. The summed E-state index contributed by atoms with van der Waals surface area (Å²) >= 11 is 5.75. The van der Waals surface area contributed by atoms with E-state index >= 15 is 0 Å². The second-order valence-electron chi connectivity index (χ2n) is 4.82. The summed E-state index contributed by atoms with van der Waals surface area (Å²) in [6.45, 7) is 3.56. The van der Waals surface area contributed by atoms with Gasteiger partial charge in [0.1, 0.15) is 6.04 Å². The van der Waals surface area contributed by atoms with Crippen LogP contribution < -0.4 is 11.1 Å². The van der Waals surface area contributed by atoms with E-state index in [9.17, 15) is 14.4 Å². The number of hydrogen-bond acceptors (Lipinski definition) is 4. The molecule has 0 aromatic heterocycles. The van der Waals surface area contributed by atoms with Crippen molar-refractivity contribution in [1.82, 2.24) is 5.32 Å². The summed E-state index contributed by atoms with van der Waals surface area (Å²) in [5.74, 6) is -2.16. The lowest BCUT2D eigenvalue weighted by atomic mass is 10.0. The minimum Gasteiger partial charge on any atom is -0.466 e. The number of carbonyl (C=O) groups is 3. The number of nitrogens with two attached hydrogens (primary N) is 1. The van der Waals surface area contributed by atoms with E-state index in [0.717, 1.165) is 0 Å². The highest BCUT2D eigenvalue weighted by Crippen LogP contribution is 2.12. The molecule has 1 aromatic rings. The molecule has 6 nitrogen and oxygen atoms in total. The average molecular weight is 327 g/mol. The molecule has 0 aliphatic carbocycles. The SMILES string of the molecule is CCOC(=O)[C@@H](C)C[C@H](NC(=O)c1ccc(Cl)cc1)C(N)=O. The van der Waals surface area contributed by atoms with Gasteiger partial charge in [-0.1, -0.05) is 18.5 Å². The van der Waals surface area contributed by atoms with Crippen molar-refractivity contribution in [3.8, 4) is 0 Å². The van der Waals surface area contributed by atoms with Gasteiger partial charge in [0, 0.05) is 10.6 Å². The van der Waals surface area contributed by atoms with Crippen LogP contribution in [0.3, 0.4) is 0 Å². The van der Waals surface area contributed by atoms with Gasteiger partial charge < -0.3 is 15.8 Å². The number of nitrogens with one attached hydrogen (secondary N) is 1. The van der Waals surface area contributed by atoms with Crippen LogP contribution >= 0.6 is 11.6 Å². The van der Waals surface area contributed by atoms with Crippen molar-refractivity contribution in [2.24, 2.45) is 11.7 Å². The molecule has 0 bridgehead atoms. The fraction of sp³-hybridized carbons (Fsp3) is 0.400. The standard InChI is InChI=1S/C15H19ClN2O4/c1-3-22-15(21)9(2)8-12(13(17)19)18-14(20)10-4-6-11(16)7-5-10/h4-7,9,12H,3,8H2,1-2H3,(H2,17,19)(H,18,20)/t9-,12-/m0/s1. The number of benzene rings is 1. The maximum Gasteiger partial charge on any atom is 0.308 e. The van der Waals surface area contributed by atoms with Crippen LogP contribution in [0.25, 0.3) is 0 Å². The minimum atomic E-state index is -0.956. The summed E-state index contributed by atoms with van der Waals surface area (Å²) in [6.07, 6.45) is 0.0769. The molecule has 0 heterocycles. The number of hydrogen-bond donors (Lipinski definition) is 2. The third kappa shape index (κ3) is 5.37. The predicted molar refractivity (Wildman–Crippen MR) is 82.3 cm³/mol. The zero-order chi connectivity index (χ0) is 16.7. The highest BCUT2D eigenvalue weighted by molar-refractivity contribution is 6.30. The summed E-state index contributed by atoms with van der Waals surface area (Å²) in [4.78, 5) is 35.1. The molecule has 0 aliphatic rings. The molecule has 120 valence electrons. The summed E-state index contributed by atoms with van der Waals surface area (Å²) in [5.41, 5.74) is 5.63. The average Bonchev–Trinajstić information content (AvgIpc) is 2.47. The Kier molecular flexibility index (Phi) is 6.85. The Bertz CT molecular complexity index is 545. The van der Waals surface area contributed by atoms with Crippen LogP contribution in [0.2, 0.25) is 5.02 Å². The molecule has 0 aliphatic heterocycles. The topological polar surface area (TPSA) is 98.5 Å². The lowest BCUT2D eigenvalue weighted by Crippen LogP contribution is -2.46. The number of esters is 1. The fourth-order valence-corrected chi connectivity index (χ4v) is 1.95. The van der Waals surface area contributed by atoms with Gasteiger partial charge in [0.15, 0.2) is 0 Å². The first-order valence-electron chi connectivity index (χ1n) is 6.87. The molecule has 0 saturated heterocycles. The molecule has 1 rings (SSSR count). The smallest absolute Gasteiger partial charge is 0.308 e. The number of primary amides is 1. The molecule has 3 N–H and O–H groups in total. The minimum absolute atomic E-state index is 0.0769. The third-order valence-electron chi connectivity index (χ3n) is 3.03. The van der Waals surface area contributed by atoms with Gasteiger partial charge in [-0.25, -0.2) is 0 Å². The van der Waals surface area contributed by atoms with Crippen molar-refractivity contribution >= 4 is 29.4 Å². The van der Waals surface area contributed by atoms with Crippen LogP contribution in [-0.2, 0) is 14.3 Å². The molecule has 22 heavy (non-hydrogen) atoms. The quantitative estimate of drug-likeness (QED) is 0.742. The molecule has 2 amide bonds. The van der Waals surface area contributed by atoms with Gasteiger partial charge in [0.2, 0.25) is 5.91 Å². The van der Waals surface area contributed by atoms with Gasteiger partial charge in [-0.2, -0.15) is 0 Å². The van der Waals surface area contributed by atoms with Crippen LogP contribution in [0.15, 0.2) is 24.3 Å². The lowest BCUT2D eigenvalue weighted by molar-refractivity contribution is -0.147. The van der Waals surface area contributed by atoms with E-state index in [1.807, 2.05) is 0 Å². The second-order valence-corrected chi connectivity index (χ2v) is 5.26. The van der Waals surface area contributed by atoms with E-state index in [4.69, 9.17) is 22.1 Å². The Morgan fingerprint density at radius 1 is 1.27 bits per heavy atom. The Morgan fingerprint density at radius 2 is 1.86 bits per heavy atom. The van der Waals surface area contributed by atoms with E-state index < -0.39 is 29.7 Å². The molecule has 0 fully saturated rings. The Morgan fingerprint density at radius 3 is 2.36 bits per heavy atom. The first-order valence-corrected chi connectivity index (χ1v) is 7.25. The first kappa shape index (κ1) is 18.0. The van der Waals surface area contributed by atoms with Crippen molar-refractivity contribution in [2.75, 3.05) is 6.61 Å². The summed E-state index contributed by atoms with van der Waals surface area (Å²) in [7, 11) is 0. The van der Waals surface area contributed by atoms with Crippen LogP contribution in [0, 0.1) is 5.92 Å². The molecular formula is C15H19ClN2O4. The van der Waals surface area contributed by atoms with Crippen LogP contribution in [-0.4, -0.2) is 30.4 Å². The van der Waals surface area contributed by atoms with Crippen molar-refractivity contribution in [3.05, 3.63) is 34.9 Å². The van der Waals surface area contributed by atoms with Crippen LogP contribution in [0.5, 0.6) is 0 Å². The van der Waals surface area contributed by atoms with Crippen molar-refractivity contribution in [2.45, 2.75) is 26.3 Å². The monoisotopic (exact) mass is 326 g/mol. The first-order chi connectivity index (χ1) is 10.3. The van der Waals surface area contributed by atoms with E-state index in [2.05, 4.69) is 5.32 Å². The number of amides is 2. The van der Waals surface area contributed by atoms with E-state index in [1.54, 1.807) is 26.0 Å². The second kappa shape index (κ2) is 8.38. The summed E-state index contributed by atoms with van der Waals surface area (Å²) in [6, 6.07) is 5.24. The largest absolute Gasteiger partial charge is 0.466 e. The maximum absolute atomic E-state index is 12.1. The van der Waals surface area contributed by atoms with Crippen molar-refractivity contribution in [1.29, 1.82) is 0 Å². The van der Waals surface area contributed by atoms with Gasteiger partial charge in [-0.15, -0.1) is 0 Å². The Hall–Kier alpha value is -2.08. The predicted octanol–water partition coefficient (Wildman–Crippen LogP) is 1.51. The Labute approximate surface area is 134 Å². The normalized spacial score (nSPS) is 13.0. The van der Waals surface area contributed by atoms with Crippen LogP contribution in [0.1, 0.15) is 30.6 Å². The van der Waals surface area contributed by atoms with E-state index in [-0.39, 0.29) is 13.0 Å². The van der Waals surface area contributed by atoms with Gasteiger partial charge in [-0.3, -0.25) is 14.4 Å². The van der Waals surface area contributed by atoms with Crippen molar-refractivity contribution < 1.29 is 19.1 Å². The third-order valence-corrected chi connectivity index (χ3v) is 3.29. The van der Waals surface area contributed by atoms with E-state index in [1.165, 1.54) is 12.1 Å².